The molecule has 0 spiro atoms. The SMILES string of the molecule is O=C(NCc1cccs1)c1cc2cc(C3(O)CCN(CC4CCCCC4)CC3)ccc2o1. The highest BCUT2D eigenvalue weighted by Gasteiger charge is 2.35. The second-order valence-electron chi connectivity index (χ2n) is 9.46. The maximum atomic E-state index is 12.5. The Morgan fingerprint density at radius 1 is 1.16 bits per heavy atom. The van der Waals surface area contributed by atoms with Crippen LogP contribution in [-0.4, -0.2) is 35.5 Å². The van der Waals surface area contributed by atoms with Crippen LogP contribution in [0.2, 0.25) is 0 Å². The average molecular weight is 453 g/mol. The molecule has 3 heterocycles. The Hall–Kier alpha value is -2.15. The summed E-state index contributed by atoms with van der Waals surface area (Å²) >= 11 is 1.62. The number of hydrogen-bond donors (Lipinski definition) is 2. The number of likely N-dealkylation sites (tertiary alicyclic amines) is 1. The van der Waals surface area contributed by atoms with Crippen LogP contribution in [-0.2, 0) is 12.1 Å². The van der Waals surface area contributed by atoms with Gasteiger partial charge in [0.15, 0.2) is 5.76 Å². The summed E-state index contributed by atoms with van der Waals surface area (Å²) in [5, 5.41) is 17.2. The number of carbonyl (C=O) groups excluding carboxylic acids is 1. The van der Waals surface area contributed by atoms with E-state index in [-0.39, 0.29) is 5.91 Å². The number of aliphatic hydroxyl groups is 1. The summed E-state index contributed by atoms with van der Waals surface area (Å²) in [6.07, 6.45) is 8.37. The maximum absolute atomic E-state index is 12.5. The molecule has 1 aliphatic carbocycles. The lowest BCUT2D eigenvalue weighted by Crippen LogP contribution is -2.44. The fourth-order valence-corrected chi connectivity index (χ4v) is 5.89. The molecule has 1 saturated heterocycles. The average Bonchev–Trinajstić information content (AvgIpc) is 3.49. The highest BCUT2D eigenvalue weighted by atomic mass is 32.1. The molecule has 3 aromatic rings. The van der Waals surface area contributed by atoms with E-state index in [1.165, 1.54) is 38.6 Å². The summed E-state index contributed by atoms with van der Waals surface area (Å²) in [6.45, 7) is 3.55. The van der Waals surface area contributed by atoms with Gasteiger partial charge in [-0.25, -0.2) is 0 Å². The first-order valence-corrected chi connectivity index (χ1v) is 12.8. The van der Waals surface area contributed by atoms with Crippen LogP contribution in [0.3, 0.4) is 0 Å². The summed E-state index contributed by atoms with van der Waals surface area (Å²) in [4.78, 5) is 16.1. The predicted octanol–water partition coefficient (Wildman–Crippen LogP) is 5.29. The van der Waals surface area contributed by atoms with E-state index in [2.05, 4.69) is 10.2 Å². The van der Waals surface area contributed by atoms with Crippen molar-refractivity contribution in [2.24, 2.45) is 5.92 Å². The molecule has 0 atom stereocenters. The zero-order valence-corrected chi connectivity index (χ0v) is 19.3. The number of carbonyl (C=O) groups is 1. The van der Waals surface area contributed by atoms with Gasteiger partial charge in [-0.2, -0.15) is 0 Å². The first-order chi connectivity index (χ1) is 15.6. The number of rotatable bonds is 6. The molecule has 0 radical (unpaired) electrons. The summed E-state index contributed by atoms with van der Waals surface area (Å²) in [5.74, 6) is 0.926. The van der Waals surface area contributed by atoms with E-state index in [9.17, 15) is 9.90 Å². The summed E-state index contributed by atoms with van der Waals surface area (Å²) in [7, 11) is 0. The van der Waals surface area contributed by atoms with E-state index in [0.29, 0.717) is 17.9 Å². The lowest BCUT2D eigenvalue weighted by atomic mass is 9.83. The van der Waals surface area contributed by atoms with Gasteiger partial charge < -0.3 is 19.7 Å². The molecular weight excluding hydrogens is 420 g/mol. The number of nitrogens with zero attached hydrogens (tertiary/aromatic N) is 1. The molecule has 2 N–H and O–H groups in total. The van der Waals surface area contributed by atoms with Gasteiger partial charge in [-0.1, -0.05) is 31.4 Å². The van der Waals surface area contributed by atoms with Gasteiger partial charge in [-0.3, -0.25) is 4.79 Å². The van der Waals surface area contributed by atoms with E-state index in [0.717, 1.165) is 47.7 Å². The Labute approximate surface area is 193 Å². The molecule has 0 bridgehead atoms. The van der Waals surface area contributed by atoms with Crippen molar-refractivity contribution in [3.8, 4) is 0 Å². The van der Waals surface area contributed by atoms with Crippen LogP contribution in [0, 0.1) is 5.92 Å². The normalized spacial score (nSPS) is 19.9. The van der Waals surface area contributed by atoms with E-state index in [4.69, 9.17) is 4.42 Å². The molecule has 6 heteroatoms. The third-order valence-corrected chi connectivity index (χ3v) is 8.08. The molecule has 0 unspecified atom stereocenters. The number of piperidine rings is 1. The summed E-state index contributed by atoms with van der Waals surface area (Å²) in [6, 6.07) is 11.6. The lowest BCUT2D eigenvalue weighted by molar-refractivity contribution is -0.0296. The minimum atomic E-state index is -0.809. The van der Waals surface area contributed by atoms with Crippen LogP contribution >= 0.6 is 11.3 Å². The monoisotopic (exact) mass is 452 g/mol. The Bertz CT molecular complexity index is 1040. The quantitative estimate of drug-likeness (QED) is 0.533. The number of nitrogens with one attached hydrogen (secondary N) is 1. The maximum Gasteiger partial charge on any atom is 0.287 e. The van der Waals surface area contributed by atoms with Gasteiger partial charge in [0.25, 0.3) is 5.91 Å². The first kappa shape index (κ1) is 21.7. The molecule has 5 rings (SSSR count). The third kappa shape index (κ3) is 4.77. The van der Waals surface area contributed by atoms with Crippen LogP contribution in [0.15, 0.2) is 46.2 Å². The Morgan fingerprint density at radius 2 is 1.97 bits per heavy atom. The number of benzene rings is 1. The van der Waals surface area contributed by atoms with Gasteiger partial charge in [0.05, 0.1) is 12.1 Å². The van der Waals surface area contributed by atoms with Crippen molar-refractivity contribution in [3.63, 3.8) is 0 Å². The molecule has 1 saturated carbocycles. The number of amides is 1. The van der Waals surface area contributed by atoms with Gasteiger partial charge in [0.1, 0.15) is 5.58 Å². The standard InChI is InChI=1S/C26H32N2O3S/c29-25(27-17-22-7-4-14-32-22)24-16-20-15-21(8-9-23(20)31-24)26(30)10-12-28(13-11-26)18-19-5-2-1-3-6-19/h4,7-9,14-16,19,30H,1-3,5-6,10-13,17-18H2,(H,27,29). The second-order valence-corrected chi connectivity index (χ2v) is 10.5. The number of furan rings is 1. The topological polar surface area (TPSA) is 65.7 Å². The highest BCUT2D eigenvalue weighted by molar-refractivity contribution is 7.09. The molecule has 1 aliphatic heterocycles. The van der Waals surface area contributed by atoms with Crippen LogP contribution in [0.1, 0.15) is 65.9 Å². The smallest absolute Gasteiger partial charge is 0.287 e. The largest absolute Gasteiger partial charge is 0.451 e. The Balaban J connectivity index is 1.23. The molecule has 2 aromatic heterocycles. The van der Waals surface area contributed by atoms with Crippen molar-refractivity contribution < 1.29 is 14.3 Å². The molecular formula is C26H32N2O3S. The highest BCUT2D eigenvalue weighted by Crippen LogP contribution is 2.36. The molecule has 170 valence electrons. The van der Waals surface area contributed by atoms with Crippen molar-refractivity contribution >= 4 is 28.2 Å². The third-order valence-electron chi connectivity index (χ3n) is 7.21. The van der Waals surface area contributed by atoms with Crippen LogP contribution in [0.5, 0.6) is 0 Å². The van der Waals surface area contributed by atoms with Gasteiger partial charge in [0.2, 0.25) is 0 Å². The van der Waals surface area contributed by atoms with Crippen molar-refractivity contribution in [3.05, 3.63) is 58.0 Å². The van der Waals surface area contributed by atoms with Crippen LogP contribution < -0.4 is 5.32 Å². The summed E-state index contributed by atoms with van der Waals surface area (Å²) in [5.41, 5.74) is 0.790. The van der Waals surface area contributed by atoms with Crippen LogP contribution in [0.25, 0.3) is 11.0 Å². The van der Waals surface area contributed by atoms with E-state index in [1.54, 1.807) is 17.4 Å². The Morgan fingerprint density at radius 3 is 2.72 bits per heavy atom. The molecule has 5 nitrogen and oxygen atoms in total. The molecule has 2 aliphatic rings. The zero-order chi connectivity index (χ0) is 22.0. The summed E-state index contributed by atoms with van der Waals surface area (Å²) < 4.78 is 5.78. The van der Waals surface area contributed by atoms with Gasteiger partial charge in [0, 0.05) is 29.9 Å². The van der Waals surface area contributed by atoms with E-state index in [1.807, 2.05) is 35.7 Å². The van der Waals surface area contributed by atoms with Crippen LogP contribution in [0.4, 0.5) is 0 Å². The fourth-order valence-electron chi connectivity index (χ4n) is 5.24. The van der Waals surface area contributed by atoms with E-state index >= 15 is 0 Å². The first-order valence-electron chi connectivity index (χ1n) is 11.9. The predicted molar refractivity (Wildman–Crippen MR) is 128 cm³/mol. The lowest BCUT2D eigenvalue weighted by Gasteiger charge is -2.40. The van der Waals surface area contributed by atoms with Gasteiger partial charge in [-0.05, 0) is 66.8 Å². The molecule has 32 heavy (non-hydrogen) atoms. The number of thiophene rings is 1. The minimum Gasteiger partial charge on any atom is -0.451 e. The van der Waals surface area contributed by atoms with Crippen molar-refractivity contribution in [2.45, 2.75) is 57.1 Å². The molecule has 1 aromatic carbocycles. The minimum absolute atomic E-state index is 0.217. The van der Waals surface area contributed by atoms with Crippen molar-refractivity contribution in [1.82, 2.24) is 10.2 Å². The van der Waals surface area contributed by atoms with E-state index < -0.39 is 5.60 Å². The number of hydrogen-bond acceptors (Lipinski definition) is 5. The second kappa shape index (κ2) is 9.38. The fraction of sp³-hybridized carbons (Fsp3) is 0.500. The molecule has 2 fully saturated rings. The number of fused-ring (bicyclic) bond motifs is 1. The van der Waals surface area contributed by atoms with Crippen molar-refractivity contribution in [1.29, 1.82) is 0 Å². The molecule has 1 amide bonds. The van der Waals surface area contributed by atoms with Gasteiger partial charge >= 0.3 is 0 Å². The van der Waals surface area contributed by atoms with Crippen molar-refractivity contribution in [2.75, 3.05) is 19.6 Å². The van der Waals surface area contributed by atoms with Gasteiger partial charge in [-0.15, -0.1) is 11.3 Å². The Kier molecular flexibility index (Phi) is 6.35. The zero-order valence-electron chi connectivity index (χ0n) is 18.5.